The van der Waals surface area contributed by atoms with Gasteiger partial charge >= 0.3 is 0 Å². The molecule has 2 aliphatic heterocycles. The molecule has 3 heterocycles. The van der Waals surface area contributed by atoms with E-state index in [1.807, 2.05) is 37.3 Å². The third kappa shape index (κ3) is 3.37. The van der Waals surface area contributed by atoms with Crippen LogP contribution in [-0.2, 0) is 17.9 Å². The molecule has 2 aliphatic rings. The number of rotatable bonds is 4. The number of nitrogens with zero attached hydrogens (tertiary/aromatic N) is 3. The van der Waals surface area contributed by atoms with Crippen LogP contribution < -0.4 is 19.7 Å². The lowest BCUT2D eigenvalue weighted by atomic mass is 9.93. The molecule has 3 aromatic rings. The van der Waals surface area contributed by atoms with E-state index in [9.17, 15) is 9.59 Å². The highest BCUT2D eigenvalue weighted by Crippen LogP contribution is 2.39. The van der Waals surface area contributed by atoms with Crippen LogP contribution in [0.5, 0.6) is 11.5 Å². The fraction of sp³-hybridized carbons (Fsp3) is 0.292. The Bertz CT molecular complexity index is 1190. The van der Waals surface area contributed by atoms with E-state index in [-0.39, 0.29) is 18.4 Å². The van der Waals surface area contributed by atoms with Gasteiger partial charge in [0, 0.05) is 18.3 Å². The maximum absolute atomic E-state index is 13.6. The quantitative estimate of drug-likeness (QED) is 0.685. The number of ether oxygens (including phenoxy) is 2. The summed E-state index contributed by atoms with van der Waals surface area (Å²) in [4.78, 5) is 28.7. The first-order valence-corrected chi connectivity index (χ1v) is 10.6. The summed E-state index contributed by atoms with van der Waals surface area (Å²) < 4.78 is 13.0. The van der Waals surface area contributed by atoms with Crippen molar-refractivity contribution in [1.82, 2.24) is 15.1 Å². The third-order valence-electron chi connectivity index (χ3n) is 5.84. The number of hydrogen-bond donors (Lipinski definition) is 1. The number of aromatic nitrogens is 2. The van der Waals surface area contributed by atoms with Crippen molar-refractivity contribution < 1.29 is 19.1 Å². The molecule has 1 unspecified atom stereocenters. The molecule has 0 spiro atoms. The van der Waals surface area contributed by atoms with Crippen LogP contribution in [0.4, 0.5) is 5.69 Å². The lowest BCUT2D eigenvalue weighted by Gasteiger charge is -2.43. The molecule has 1 aromatic heterocycles. The van der Waals surface area contributed by atoms with Crippen LogP contribution in [0, 0.1) is 6.92 Å². The van der Waals surface area contributed by atoms with Gasteiger partial charge in [0.2, 0.25) is 5.91 Å². The summed E-state index contributed by atoms with van der Waals surface area (Å²) in [6.07, 6.45) is 0. The molecule has 32 heavy (non-hydrogen) atoms. The van der Waals surface area contributed by atoms with Crippen LogP contribution >= 0.6 is 0 Å². The van der Waals surface area contributed by atoms with E-state index in [0.29, 0.717) is 42.6 Å². The Morgan fingerprint density at radius 1 is 1.09 bits per heavy atom. The van der Waals surface area contributed by atoms with Gasteiger partial charge in [0.1, 0.15) is 24.4 Å². The predicted octanol–water partition coefficient (Wildman–Crippen LogP) is 2.70. The average Bonchev–Trinajstić information content (AvgIpc) is 3.18. The summed E-state index contributed by atoms with van der Waals surface area (Å²) in [5, 5.41) is 7.44. The fourth-order valence-corrected chi connectivity index (χ4v) is 4.25. The summed E-state index contributed by atoms with van der Waals surface area (Å²) in [5.41, 5.74) is 1.53. The highest BCUT2D eigenvalue weighted by molar-refractivity contribution is 6.12. The van der Waals surface area contributed by atoms with E-state index in [1.165, 1.54) is 0 Å². The topological polar surface area (TPSA) is 85.7 Å². The predicted molar refractivity (Wildman–Crippen MR) is 118 cm³/mol. The minimum atomic E-state index is -1.19. The van der Waals surface area contributed by atoms with Crippen molar-refractivity contribution in [2.45, 2.75) is 32.5 Å². The van der Waals surface area contributed by atoms with E-state index in [2.05, 4.69) is 10.4 Å². The maximum Gasteiger partial charge on any atom is 0.277 e. The summed E-state index contributed by atoms with van der Waals surface area (Å²) >= 11 is 0. The molecule has 5 rings (SSSR count). The van der Waals surface area contributed by atoms with Crippen LogP contribution in [0.15, 0.2) is 54.6 Å². The molecule has 0 bridgehead atoms. The Morgan fingerprint density at radius 3 is 2.62 bits per heavy atom. The monoisotopic (exact) mass is 432 g/mol. The van der Waals surface area contributed by atoms with Crippen molar-refractivity contribution >= 4 is 17.5 Å². The van der Waals surface area contributed by atoms with Crippen LogP contribution in [0.3, 0.4) is 0 Å². The van der Waals surface area contributed by atoms with Gasteiger partial charge in [-0.25, -0.2) is 0 Å². The number of benzene rings is 2. The molecule has 0 saturated heterocycles. The number of carbonyl (C=O) groups excluding carboxylic acids is 2. The molecule has 0 aliphatic carbocycles. The molecule has 164 valence electrons. The minimum Gasteiger partial charge on any atom is -0.486 e. The molecule has 0 fully saturated rings. The maximum atomic E-state index is 13.6. The third-order valence-corrected chi connectivity index (χ3v) is 5.84. The molecular formula is C24H24N4O4. The first-order valence-electron chi connectivity index (χ1n) is 10.6. The molecular weight excluding hydrogens is 408 g/mol. The Morgan fingerprint density at radius 2 is 1.84 bits per heavy atom. The lowest BCUT2D eigenvalue weighted by Crippen LogP contribution is -2.64. The van der Waals surface area contributed by atoms with Crippen molar-refractivity contribution in [3.05, 3.63) is 71.5 Å². The summed E-state index contributed by atoms with van der Waals surface area (Å²) in [6.45, 7) is 5.11. The van der Waals surface area contributed by atoms with Gasteiger partial charge < -0.3 is 14.8 Å². The fourth-order valence-electron chi connectivity index (χ4n) is 4.25. The zero-order valence-electron chi connectivity index (χ0n) is 18.0. The number of amides is 2. The van der Waals surface area contributed by atoms with Crippen molar-refractivity contribution in [3.63, 3.8) is 0 Å². The molecule has 2 aromatic carbocycles. The van der Waals surface area contributed by atoms with E-state index >= 15 is 0 Å². The number of hydrogen-bond acceptors (Lipinski definition) is 5. The van der Waals surface area contributed by atoms with Gasteiger partial charge in [0.25, 0.3) is 5.91 Å². The SMILES string of the molecule is Cc1cc2n(n1)CC(C)(C(=O)NCc1ccccc1)N(c1ccc3c(c1)OCCO3)C2=O. The number of fused-ring (bicyclic) bond motifs is 2. The Balaban J connectivity index is 1.53. The highest BCUT2D eigenvalue weighted by atomic mass is 16.6. The van der Waals surface area contributed by atoms with E-state index in [1.54, 1.807) is 40.8 Å². The van der Waals surface area contributed by atoms with Crippen molar-refractivity contribution in [2.75, 3.05) is 18.1 Å². The second-order valence-corrected chi connectivity index (χ2v) is 8.24. The second-order valence-electron chi connectivity index (χ2n) is 8.24. The molecule has 0 radical (unpaired) electrons. The standard InChI is InChI=1S/C24H24N4O4/c1-16-12-19-22(29)28(18-8-9-20-21(13-18)32-11-10-31-20)24(2,15-27(19)26-16)23(30)25-14-17-6-4-3-5-7-17/h3-9,12-13H,10-11,14-15H2,1-2H3,(H,25,30). The largest absolute Gasteiger partial charge is 0.486 e. The second kappa shape index (κ2) is 7.71. The van der Waals surface area contributed by atoms with E-state index in [0.717, 1.165) is 11.3 Å². The summed E-state index contributed by atoms with van der Waals surface area (Å²) in [6, 6.07) is 16.7. The van der Waals surface area contributed by atoms with Crippen molar-refractivity contribution in [1.29, 1.82) is 0 Å². The van der Waals surface area contributed by atoms with Gasteiger partial charge in [-0.2, -0.15) is 5.10 Å². The average molecular weight is 432 g/mol. The molecule has 1 N–H and O–H groups in total. The van der Waals surface area contributed by atoms with Crippen LogP contribution in [0.25, 0.3) is 0 Å². The molecule has 1 atom stereocenters. The lowest BCUT2D eigenvalue weighted by molar-refractivity contribution is -0.126. The molecule has 8 heteroatoms. The number of carbonyl (C=O) groups is 2. The smallest absolute Gasteiger partial charge is 0.277 e. The molecule has 0 saturated carbocycles. The molecule has 2 amide bonds. The highest BCUT2D eigenvalue weighted by Gasteiger charge is 2.49. The summed E-state index contributed by atoms with van der Waals surface area (Å²) in [7, 11) is 0. The first kappa shape index (κ1) is 20.1. The van der Waals surface area contributed by atoms with Gasteiger partial charge in [-0.05, 0) is 37.6 Å². The minimum absolute atomic E-state index is 0.233. The van der Waals surface area contributed by atoms with Crippen molar-refractivity contribution in [2.24, 2.45) is 0 Å². The van der Waals surface area contributed by atoms with Gasteiger partial charge in [-0.1, -0.05) is 30.3 Å². The van der Waals surface area contributed by atoms with Gasteiger partial charge in [-0.15, -0.1) is 0 Å². The Kier molecular flexibility index (Phi) is 4.84. The summed E-state index contributed by atoms with van der Waals surface area (Å²) in [5.74, 6) is 0.638. The Labute approximate surface area is 185 Å². The van der Waals surface area contributed by atoms with E-state index < -0.39 is 5.54 Å². The number of anilines is 1. The number of nitrogens with one attached hydrogen (secondary N) is 1. The zero-order chi connectivity index (χ0) is 22.3. The normalized spacial score (nSPS) is 19.4. The van der Waals surface area contributed by atoms with Crippen LogP contribution in [0.1, 0.15) is 28.7 Å². The first-order chi connectivity index (χ1) is 15.5. The zero-order valence-corrected chi connectivity index (χ0v) is 18.0. The molecule has 8 nitrogen and oxygen atoms in total. The van der Waals surface area contributed by atoms with Gasteiger partial charge in [0.05, 0.1) is 12.2 Å². The van der Waals surface area contributed by atoms with Crippen LogP contribution in [0.2, 0.25) is 0 Å². The van der Waals surface area contributed by atoms with E-state index in [4.69, 9.17) is 9.47 Å². The number of aryl methyl sites for hydroxylation is 1. The van der Waals surface area contributed by atoms with Gasteiger partial charge in [0.15, 0.2) is 11.5 Å². The van der Waals surface area contributed by atoms with Crippen molar-refractivity contribution in [3.8, 4) is 11.5 Å². The Hall–Kier alpha value is -3.81. The van der Waals surface area contributed by atoms with Gasteiger partial charge in [-0.3, -0.25) is 19.2 Å². The van der Waals surface area contributed by atoms with Crippen LogP contribution in [-0.4, -0.2) is 40.3 Å².